The van der Waals surface area contributed by atoms with Gasteiger partial charge in [-0.1, -0.05) is 18.2 Å². The molecule has 0 aromatic heterocycles. The number of anilines is 1. The van der Waals surface area contributed by atoms with Crippen molar-refractivity contribution in [3.8, 4) is 16.9 Å². The quantitative estimate of drug-likeness (QED) is 0.417. The highest BCUT2D eigenvalue weighted by Gasteiger charge is 2.44. The molecule has 0 amide bonds. The molecular formula is C30H33FN2O3. The second-order valence-corrected chi connectivity index (χ2v) is 10.1. The molecule has 0 atom stereocenters. The average Bonchev–Trinajstić information content (AvgIpc) is 3.66. The normalized spacial score (nSPS) is 16.1. The SMILES string of the molecule is COC(=O)Cc1ccccc1OCc1cc(-c2cc(F)cc(CN)c2)cc(N2CCC3(CC2)CC3)c1. The maximum Gasteiger partial charge on any atom is 0.310 e. The minimum absolute atomic E-state index is 0.151. The number of hydrogen-bond donors (Lipinski definition) is 1. The van der Waals surface area contributed by atoms with Crippen molar-refractivity contribution in [2.75, 3.05) is 25.1 Å². The molecule has 36 heavy (non-hydrogen) atoms. The van der Waals surface area contributed by atoms with Gasteiger partial charge >= 0.3 is 5.97 Å². The van der Waals surface area contributed by atoms with E-state index in [0.29, 0.717) is 17.8 Å². The zero-order chi connectivity index (χ0) is 25.1. The Morgan fingerprint density at radius 2 is 1.69 bits per heavy atom. The van der Waals surface area contributed by atoms with Crippen LogP contribution in [0.15, 0.2) is 60.7 Å². The number of esters is 1. The van der Waals surface area contributed by atoms with Gasteiger partial charge in [0.25, 0.3) is 0 Å². The number of carbonyl (C=O) groups is 1. The maximum atomic E-state index is 14.4. The van der Waals surface area contributed by atoms with Crippen LogP contribution in [0.2, 0.25) is 0 Å². The molecule has 0 unspecified atom stereocenters. The maximum absolute atomic E-state index is 14.4. The predicted molar refractivity (Wildman–Crippen MR) is 139 cm³/mol. The second-order valence-electron chi connectivity index (χ2n) is 10.1. The number of para-hydroxylation sites is 1. The Bertz CT molecular complexity index is 1240. The van der Waals surface area contributed by atoms with Gasteiger partial charge in [-0.15, -0.1) is 0 Å². The first kappa shape index (κ1) is 24.3. The average molecular weight is 489 g/mol. The van der Waals surface area contributed by atoms with Crippen LogP contribution in [-0.4, -0.2) is 26.2 Å². The molecule has 6 heteroatoms. The fraction of sp³-hybridized carbons (Fsp3) is 0.367. The van der Waals surface area contributed by atoms with Gasteiger partial charge in [-0.3, -0.25) is 4.79 Å². The molecule has 3 aromatic carbocycles. The van der Waals surface area contributed by atoms with Crippen LogP contribution < -0.4 is 15.4 Å². The summed E-state index contributed by atoms with van der Waals surface area (Å²) in [6.07, 6.45) is 5.31. The number of nitrogens with zero attached hydrogens (tertiary/aromatic N) is 1. The Morgan fingerprint density at radius 1 is 0.972 bits per heavy atom. The van der Waals surface area contributed by atoms with E-state index in [1.807, 2.05) is 36.4 Å². The lowest BCUT2D eigenvalue weighted by molar-refractivity contribution is -0.139. The van der Waals surface area contributed by atoms with E-state index < -0.39 is 0 Å². The topological polar surface area (TPSA) is 64.8 Å². The lowest BCUT2D eigenvalue weighted by Gasteiger charge is -2.34. The van der Waals surface area contributed by atoms with Gasteiger partial charge in [0, 0.05) is 30.9 Å². The predicted octanol–water partition coefficient (Wildman–Crippen LogP) is 5.63. The molecule has 1 saturated carbocycles. The summed E-state index contributed by atoms with van der Waals surface area (Å²) in [5.41, 5.74) is 11.8. The highest BCUT2D eigenvalue weighted by Crippen LogP contribution is 2.54. The third kappa shape index (κ3) is 5.54. The van der Waals surface area contributed by atoms with Crippen molar-refractivity contribution in [3.63, 3.8) is 0 Å². The van der Waals surface area contributed by atoms with E-state index in [9.17, 15) is 9.18 Å². The van der Waals surface area contributed by atoms with E-state index in [1.54, 1.807) is 6.07 Å². The molecule has 3 aromatic rings. The third-order valence-corrected chi connectivity index (χ3v) is 7.58. The van der Waals surface area contributed by atoms with Gasteiger partial charge in [-0.2, -0.15) is 0 Å². The van der Waals surface area contributed by atoms with E-state index >= 15 is 0 Å². The number of piperidine rings is 1. The summed E-state index contributed by atoms with van der Waals surface area (Å²) >= 11 is 0. The van der Waals surface area contributed by atoms with Crippen molar-refractivity contribution in [2.45, 2.75) is 45.3 Å². The number of methoxy groups -OCH3 is 1. The largest absolute Gasteiger partial charge is 0.489 e. The van der Waals surface area contributed by atoms with E-state index in [4.69, 9.17) is 15.2 Å². The zero-order valence-electron chi connectivity index (χ0n) is 20.8. The highest BCUT2D eigenvalue weighted by molar-refractivity contribution is 5.73. The van der Waals surface area contributed by atoms with Crippen LogP contribution >= 0.6 is 0 Å². The fourth-order valence-electron chi connectivity index (χ4n) is 5.14. The smallest absolute Gasteiger partial charge is 0.310 e. The van der Waals surface area contributed by atoms with Gasteiger partial charge in [-0.05, 0) is 95.8 Å². The van der Waals surface area contributed by atoms with Crippen LogP contribution in [0, 0.1) is 11.2 Å². The number of carbonyl (C=O) groups excluding carboxylic acids is 1. The fourth-order valence-corrected chi connectivity index (χ4v) is 5.14. The van der Waals surface area contributed by atoms with Gasteiger partial charge < -0.3 is 20.1 Å². The molecule has 188 valence electrons. The van der Waals surface area contributed by atoms with E-state index in [0.717, 1.165) is 46.6 Å². The molecule has 0 radical (unpaired) electrons. The number of ether oxygens (including phenoxy) is 2. The summed E-state index contributed by atoms with van der Waals surface area (Å²) in [5.74, 6) is 0.0527. The monoisotopic (exact) mass is 488 g/mol. The number of nitrogens with two attached hydrogens (primary N) is 1. The van der Waals surface area contributed by atoms with Crippen LogP contribution in [0.4, 0.5) is 10.1 Å². The zero-order valence-corrected chi connectivity index (χ0v) is 20.8. The molecule has 1 spiro atoms. The van der Waals surface area contributed by atoms with Gasteiger partial charge in [0.15, 0.2) is 0 Å². The Labute approximate surface area is 212 Å². The molecule has 1 aliphatic carbocycles. The van der Waals surface area contributed by atoms with Crippen molar-refractivity contribution in [1.29, 1.82) is 0 Å². The van der Waals surface area contributed by atoms with Gasteiger partial charge in [0.1, 0.15) is 18.2 Å². The minimum Gasteiger partial charge on any atom is -0.489 e. The van der Waals surface area contributed by atoms with Crippen LogP contribution in [0.25, 0.3) is 11.1 Å². The van der Waals surface area contributed by atoms with Crippen molar-refractivity contribution in [2.24, 2.45) is 11.1 Å². The Kier molecular flexibility index (Phi) is 6.97. The number of benzene rings is 3. The first-order valence-electron chi connectivity index (χ1n) is 12.6. The van der Waals surface area contributed by atoms with Crippen molar-refractivity contribution in [3.05, 3.63) is 83.2 Å². The lowest BCUT2D eigenvalue weighted by atomic mass is 9.92. The number of hydrogen-bond acceptors (Lipinski definition) is 5. The standard InChI is InChI=1S/C30H33FN2O3/c1-35-29(34)18-23-4-2-3-5-28(23)36-20-22-13-25(24-12-21(19-32)14-26(31)16-24)17-27(15-22)33-10-8-30(6-7-30)9-11-33/h2-5,12-17H,6-11,18-20,32H2,1H3. The molecular weight excluding hydrogens is 455 g/mol. The Morgan fingerprint density at radius 3 is 2.42 bits per heavy atom. The van der Waals surface area contributed by atoms with Crippen molar-refractivity contribution < 1.29 is 18.7 Å². The molecule has 1 aliphatic heterocycles. The van der Waals surface area contributed by atoms with Crippen LogP contribution in [0.1, 0.15) is 42.4 Å². The molecule has 1 heterocycles. The van der Waals surface area contributed by atoms with Crippen LogP contribution in [-0.2, 0) is 29.1 Å². The van der Waals surface area contributed by atoms with Crippen molar-refractivity contribution >= 4 is 11.7 Å². The Balaban J connectivity index is 1.44. The summed E-state index contributed by atoms with van der Waals surface area (Å²) in [4.78, 5) is 14.3. The molecule has 5 rings (SSSR count). The van der Waals surface area contributed by atoms with Crippen LogP contribution in [0.3, 0.4) is 0 Å². The molecule has 2 fully saturated rings. The second kappa shape index (κ2) is 10.3. The summed E-state index contributed by atoms with van der Waals surface area (Å²) in [7, 11) is 1.38. The van der Waals surface area contributed by atoms with Gasteiger partial charge in [0.2, 0.25) is 0 Å². The molecule has 2 aliphatic rings. The molecule has 2 N–H and O–H groups in total. The summed E-state index contributed by atoms with van der Waals surface area (Å²) in [6.45, 7) is 2.67. The third-order valence-electron chi connectivity index (χ3n) is 7.58. The summed E-state index contributed by atoms with van der Waals surface area (Å²) in [6, 6.07) is 18.9. The molecule has 0 bridgehead atoms. The number of rotatable bonds is 8. The summed E-state index contributed by atoms with van der Waals surface area (Å²) in [5, 5.41) is 0. The van der Waals surface area contributed by atoms with Gasteiger partial charge in [-0.25, -0.2) is 4.39 Å². The van der Waals surface area contributed by atoms with Crippen LogP contribution in [0.5, 0.6) is 5.75 Å². The summed E-state index contributed by atoms with van der Waals surface area (Å²) < 4.78 is 25.4. The van der Waals surface area contributed by atoms with E-state index in [1.165, 1.54) is 38.9 Å². The molecule has 1 saturated heterocycles. The lowest BCUT2D eigenvalue weighted by Crippen LogP contribution is -2.34. The molecule has 5 nitrogen and oxygen atoms in total. The Hall–Kier alpha value is -3.38. The van der Waals surface area contributed by atoms with Gasteiger partial charge in [0.05, 0.1) is 13.5 Å². The number of halogens is 1. The first-order chi connectivity index (χ1) is 17.5. The van der Waals surface area contributed by atoms with Crippen molar-refractivity contribution in [1.82, 2.24) is 0 Å². The minimum atomic E-state index is -0.310. The first-order valence-corrected chi connectivity index (χ1v) is 12.6. The highest BCUT2D eigenvalue weighted by atomic mass is 19.1. The van der Waals surface area contributed by atoms with E-state index in [-0.39, 0.29) is 24.8 Å². The van der Waals surface area contributed by atoms with E-state index in [2.05, 4.69) is 17.0 Å².